The molecule has 3 aromatic rings. The largest absolute Gasteiger partial charge is 0.493 e. The van der Waals surface area contributed by atoms with Gasteiger partial charge in [-0.05, 0) is 53.6 Å². The zero-order valence-electron chi connectivity index (χ0n) is 20.7. The first kappa shape index (κ1) is 23.1. The number of fused-ring (bicyclic) bond motifs is 1. The number of ketones is 1. The summed E-state index contributed by atoms with van der Waals surface area (Å²) < 4.78 is 11.8. The Morgan fingerprint density at radius 1 is 1.00 bits per heavy atom. The second-order valence-electron chi connectivity index (χ2n) is 9.66. The lowest BCUT2D eigenvalue weighted by molar-refractivity contribution is -0.923. The number of carbonyl (C=O) groups excluding carboxylic acids is 1. The highest BCUT2D eigenvalue weighted by Gasteiger charge is 2.30. The number of rotatable bonds is 6. The molecule has 1 fully saturated rings. The van der Waals surface area contributed by atoms with Gasteiger partial charge in [0.15, 0.2) is 17.3 Å². The highest BCUT2D eigenvalue weighted by Crippen LogP contribution is 2.37. The van der Waals surface area contributed by atoms with E-state index in [2.05, 4.69) is 53.3 Å². The van der Waals surface area contributed by atoms with E-state index < -0.39 is 0 Å². The van der Waals surface area contributed by atoms with Gasteiger partial charge in [-0.15, -0.1) is 0 Å². The Hall–Kier alpha value is -3.64. The maximum atomic E-state index is 13.0. The standard InChI is InChI=1S/C29H32N3O3/c1-32(20-24-6-4-5-11-30-24)14-12-31(13-15-32)25-9-7-21(8-10-25)16-23-17-22-18-27(34-2)28(35-3)19-26(22)29(23)33/h4-11,16,18-19H,12-15,17,20H2,1-3H3/q+1. The molecule has 1 saturated heterocycles. The van der Waals surface area contributed by atoms with E-state index in [9.17, 15) is 4.79 Å². The summed E-state index contributed by atoms with van der Waals surface area (Å²) in [6.07, 6.45) is 4.48. The van der Waals surface area contributed by atoms with Crippen LogP contribution in [0.5, 0.6) is 11.5 Å². The number of hydrogen-bond donors (Lipinski definition) is 0. The van der Waals surface area contributed by atoms with Crippen molar-refractivity contribution in [1.29, 1.82) is 0 Å². The van der Waals surface area contributed by atoms with Crippen molar-refractivity contribution in [1.82, 2.24) is 4.98 Å². The van der Waals surface area contributed by atoms with Crippen molar-refractivity contribution in [2.24, 2.45) is 0 Å². The summed E-state index contributed by atoms with van der Waals surface area (Å²) in [6, 6.07) is 18.4. The Balaban J connectivity index is 1.25. The highest BCUT2D eigenvalue weighted by molar-refractivity contribution is 6.16. The molecule has 1 aliphatic carbocycles. The maximum absolute atomic E-state index is 13.0. The molecule has 2 aromatic carbocycles. The van der Waals surface area contributed by atoms with Crippen LogP contribution in [0.4, 0.5) is 5.69 Å². The van der Waals surface area contributed by atoms with Gasteiger partial charge in [0.2, 0.25) is 0 Å². The zero-order chi connectivity index (χ0) is 24.4. The summed E-state index contributed by atoms with van der Waals surface area (Å²) in [7, 11) is 5.52. The first-order valence-corrected chi connectivity index (χ1v) is 12.1. The number of methoxy groups -OCH3 is 2. The number of benzene rings is 2. The molecule has 180 valence electrons. The van der Waals surface area contributed by atoms with Crippen LogP contribution in [0, 0.1) is 0 Å². The summed E-state index contributed by atoms with van der Waals surface area (Å²) in [5.41, 5.74) is 5.90. The third kappa shape index (κ3) is 4.80. The number of hydrogen-bond acceptors (Lipinski definition) is 5. The fourth-order valence-electron chi connectivity index (χ4n) is 5.08. The molecule has 0 atom stereocenters. The summed E-state index contributed by atoms with van der Waals surface area (Å²) >= 11 is 0. The average molecular weight is 471 g/mol. The molecule has 6 heteroatoms. The van der Waals surface area contributed by atoms with E-state index in [1.165, 1.54) is 5.69 Å². The summed E-state index contributed by atoms with van der Waals surface area (Å²) in [5, 5.41) is 0. The number of nitrogens with zero attached hydrogens (tertiary/aromatic N) is 3. The van der Waals surface area contributed by atoms with Crippen molar-refractivity contribution in [2.75, 3.05) is 52.3 Å². The van der Waals surface area contributed by atoms with Crippen molar-refractivity contribution >= 4 is 17.5 Å². The minimum absolute atomic E-state index is 0.0611. The summed E-state index contributed by atoms with van der Waals surface area (Å²) in [6.45, 7) is 5.17. The molecule has 0 N–H and O–H groups in total. The van der Waals surface area contributed by atoms with Crippen molar-refractivity contribution in [3.8, 4) is 11.5 Å². The average Bonchev–Trinajstić information content (AvgIpc) is 3.18. The fourth-order valence-corrected chi connectivity index (χ4v) is 5.08. The Labute approximate surface area is 207 Å². The number of anilines is 1. The number of aromatic nitrogens is 1. The molecule has 0 spiro atoms. The van der Waals surface area contributed by atoms with E-state index in [0.29, 0.717) is 23.5 Å². The molecule has 0 radical (unpaired) electrons. The first-order chi connectivity index (χ1) is 17.0. The van der Waals surface area contributed by atoms with Gasteiger partial charge in [-0.1, -0.05) is 18.2 Å². The molecule has 5 rings (SSSR count). The predicted octanol–water partition coefficient (Wildman–Crippen LogP) is 4.39. The normalized spacial score (nSPS) is 18.0. The van der Waals surface area contributed by atoms with E-state index in [-0.39, 0.29) is 5.78 Å². The summed E-state index contributed by atoms with van der Waals surface area (Å²) in [5.74, 6) is 1.30. The van der Waals surface area contributed by atoms with Gasteiger partial charge in [-0.2, -0.15) is 0 Å². The predicted molar refractivity (Wildman–Crippen MR) is 138 cm³/mol. The van der Waals surface area contributed by atoms with Crippen LogP contribution >= 0.6 is 0 Å². The molecule has 6 nitrogen and oxygen atoms in total. The maximum Gasteiger partial charge on any atom is 0.189 e. The van der Waals surface area contributed by atoms with Gasteiger partial charge in [-0.25, -0.2) is 0 Å². The van der Waals surface area contributed by atoms with Crippen LogP contribution in [0.2, 0.25) is 0 Å². The number of quaternary nitrogens is 1. The third-order valence-electron chi connectivity index (χ3n) is 7.22. The van der Waals surface area contributed by atoms with Crippen LogP contribution in [-0.2, 0) is 13.0 Å². The molecule has 0 saturated carbocycles. The lowest BCUT2D eigenvalue weighted by Crippen LogP contribution is -2.56. The minimum atomic E-state index is 0.0611. The van der Waals surface area contributed by atoms with E-state index in [1.807, 2.05) is 24.4 Å². The van der Waals surface area contributed by atoms with Crippen molar-refractivity contribution in [3.63, 3.8) is 0 Å². The number of pyridine rings is 1. The van der Waals surface area contributed by atoms with Crippen molar-refractivity contribution in [3.05, 3.63) is 88.8 Å². The lowest BCUT2D eigenvalue weighted by atomic mass is 10.1. The van der Waals surface area contributed by atoms with Crippen LogP contribution in [0.15, 0.2) is 66.4 Å². The van der Waals surface area contributed by atoms with Gasteiger partial charge >= 0.3 is 0 Å². The number of piperazine rings is 1. The van der Waals surface area contributed by atoms with Gasteiger partial charge in [0.25, 0.3) is 0 Å². The highest BCUT2D eigenvalue weighted by atomic mass is 16.5. The number of ether oxygens (including phenoxy) is 2. The second-order valence-corrected chi connectivity index (χ2v) is 9.66. The van der Waals surface area contributed by atoms with Crippen LogP contribution in [-0.4, -0.2) is 62.7 Å². The van der Waals surface area contributed by atoms with Crippen LogP contribution in [0.25, 0.3) is 6.08 Å². The molecule has 2 aliphatic rings. The quantitative estimate of drug-likeness (QED) is 0.395. The molecule has 1 aromatic heterocycles. The molecular formula is C29H32N3O3+. The Morgan fingerprint density at radius 2 is 1.71 bits per heavy atom. The monoisotopic (exact) mass is 470 g/mol. The topological polar surface area (TPSA) is 51.7 Å². The Morgan fingerprint density at radius 3 is 2.37 bits per heavy atom. The first-order valence-electron chi connectivity index (χ1n) is 12.1. The molecular weight excluding hydrogens is 438 g/mol. The lowest BCUT2D eigenvalue weighted by Gasteiger charge is -2.42. The number of likely N-dealkylation sites (N-methyl/N-ethyl adjacent to an activating group) is 1. The molecule has 1 aliphatic heterocycles. The smallest absolute Gasteiger partial charge is 0.189 e. The van der Waals surface area contributed by atoms with Gasteiger partial charge in [-0.3, -0.25) is 9.78 Å². The van der Waals surface area contributed by atoms with Gasteiger partial charge in [0.05, 0.1) is 53.1 Å². The number of allylic oxidation sites excluding steroid dienone is 1. The van der Waals surface area contributed by atoms with E-state index in [4.69, 9.17) is 9.47 Å². The minimum Gasteiger partial charge on any atom is -0.493 e. The van der Waals surface area contributed by atoms with Crippen LogP contribution in [0.1, 0.15) is 27.2 Å². The van der Waals surface area contributed by atoms with E-state index in [1.54, 1.807) is 20.3 Å². The number of carbonyl (C=O) groups is 1. The molecule has 0 unspecified atom stereocenters. The van der Waals surface area contributed by atoms with E-state index in [0.717, 1.165) is 59.6 Å². The second kappa shape index (κ2) is 9.55. The molecule has 0 bridgehead atoms. The third-order valence-corrected chi connectivity index (χ3v) is 7.22. The number of Topliss-reactive ketones (excluding diaryl/α,β-unsaturated/α-hetero) is 1. The van der Waals surface area contributed by atoms with Gasteiger partial charge < -0.3 is 18.9 Å². The van der Waals surface area contributed by atoms with Crippen LogP contribution in [0.3, 0.4) is 0 Å². The van der Waals surface area contributed by atoms with Gasteiger partial charge in [0.1, 0.15) is 6.54 Å². The SMILES string of the molecule is COc1cc2c(cc1OC)C(=O)C(=Cc1ccc(N3CC[N+](C)(Cc4ccccn4)CC3)cc1)C2. The Kier molecular flexibility index (Phi) is 6.31. The summed E-state index contributed by atoms with van der Waals surface area (Å²) in [4.78, 5) is 20.0. The van der Waals surface area contributed by atoms with Crippen molar-refractivity contribution in [2.45, 2.75) is 13.0 Å². The van der Waals surface area contributed by atoms with E-state index >= 15 is 0 Å². The molecule has 35 heavy (non-hydrogen) atoms. The Bertz CT molecular complexity index is 1240. The fraction of sp³-hybridized carbons (Fsp3) is 0.310. The molecule has 2 heterocycles. The van der Waals surface area contributed by atoms with Gasteiger partial charge in [0, 0.05) is 29.4 Å². The zero-order valence-corrected chi connectivity index (χ0v) is 20.7. The molecule has 0 amide bonds. The van der Waals surface area contributed by atoms with Crippen molar-refractivity contribution < 1.29 is 18.8 Å². The van der Waals surface area contributed by atoms with Crippen LogP contribution < -0.4 is 14.4 Å².